The predicted octanol–water partition coefficient (Wildman–Crippen LogP) is 2.81. The Morgan fingerprint density at radius 3 is 3.05 bits per heavy atom. The van der Waals surface area contributed by atoms with E-state index in [4.69, 9.17) is 9.26 Å². The number of aryl methyl sites for hydroxylation is 1. The molecule has 2 aromatic rings. The van der Waals surface area contributed by atoms with Crippen LogP contribution in [0.2, 0.25) is 0 Å². The molecule has 1 atom stereocenters. The van der Waals surface area contributed by atoms with Gasteiger partial charge >= 0.3 is 0 Å². The van der Waals surface area contributed by atoms with E-state index in [1.807, 2.05) is 24.3 Å². The van der Waals surface area contributed by atoms with Gasteiger partial charge in [-0.1, -0.05) is 23.4 Å². The molecule has 1 aliphatic heterocycles. The molecule has 0 radical (unpaired) electrons. The summed E-state index contributed by atoms with van der Waals surface area (Å²) in [6.07, 6.45) is 4.76. The molecule has 0 bridgehead atoms. The van der Waals surface area contributed by atoms with Gasteiger partial charge in [0.1, 0.15) is 5.75 Å². The Morgan fingerprint density at radius 2 is 2.09 bits per heavy atom. The number of aromatic nitrogens is 1. The van der Waals surface area contributed by atoms with Crippen molar-refractivity contribution in [3.63, 3.8) is 0 Å². The first kappa shape index (κ1) is 13.4. The van der Waals surface area contributed by atoms with Gasteiger partial charge in [0, 0.05) is 17.5 Å². The minimum absolute atomic E-state index is 0.0400. The zero-order valence-electron chi connectivity index (χ0n) is 12.3. The molecule has 0 unspecified atom stereocenters. The van der Waals surface area contributed by atoms with Gasteiger partial charge in [-0.3, -0.25) is 4.79 Å². The maximum atomic E-state index is 12.6. The summed E-state index contributed by atoms with van der Waals surface area (Å²) in [5.74, 6) is 1.06. The fraction of sp³-hybridized carbons (Fsp3) is 0.412. The number of nitrogens with zero attached hydrogens (tertiary/aromatic N) is 1. The van der Waals surface area contributed by atoms with Crippen LogP contribution < -0.4 is 10.1 Å². The summed E-state index contributed by atoms with van der Waals surface area (Å²) < 4.78 is 10.9. The zero-order chi connectivity index (χ0) is 14.9. The van der Waals surface area contributed by atoms with Crippen molar-refractivity contribution in [2.24, 2.45) is 0 Å². The summed E-state index contributed by atoms with van der Waals surface area (Å²) in [7, 11) is 0. The molecule has 1 aromatic carbocycles. The summed E-state index contributed by atoms with van der Waals surface area (Å²) in [4.78, 5) is 12.6. The second-order valence-corrected chi connectivity index (χ2v) is 5.85. The summed E-state index contributed by atoms with van der Waals surface area (Å²) in [5, 5.41) is 7.13. The maximum Gasteiger partial charge on any atom is 0.290 e. The molecule has 5 nitrogen and oxygen atoms in total. The number of benzene rings is 1. The van der Waals surface area contributed by atoms with E-state index in [0.29, 0.717) is 12.4 Å². The van der Waals surface area contributed by atoms with Crippen LogP contribution in [0.15, 0.2) is 28.8 Å². The molecular formula is C17H18N2O3. The topological polar surface area (TPSA) is 64.4 Å². The molecule has 1 N–H and O–H groups in total. The Bertz CT molecular complexity index is 708. The number of amides is 1. The van der Waals surface area contributed by atoms with Crippen LogP contribution in [0.5, 0.6) is 5.75 Å². The van der Waals surface area contributed by atoms with Crippen LogP contribution in [0.1, 0.15) is 52.7 Å². The van der Waals surface area contributed by atoms with Crippen LogP contribution in [-0.4, -0.2) is 17.7 Å². The number of para-hydroxylation sites is 1. The lowest BCUT2D eigenvalue weighted by Crippen LogP contribution is -2.32. The van der Waals surface area contributed by atoms with Crippen LogP contribution in [0.4, 0.5) is 0 Å². The fourth-order valence-electron chi connectivity index (χ4n) is 3.28. The van der Waals surface area contributed by atoms with Crippen molar-refractivity contribution in [1.29, 1.82) is 0 Å². The van der Waals surface area contributed by atoms with Crippen molar-refractivity contribution in [3.8, 4) is 5.75 Å². The van der Waals surface area contributed by atoms with Gasteiger partial charge in [-0.2, -0.15) is 0 Å². The van der Waals surface area contributed by atoms with Gasteiger partial charge in [-0.15, -0.1) is 0 Å². The lowest BCUT2D eigenvalue weighted by molar-refractivity contribution is 0.0886. The normalized spacial score (nSPS) is 19.7. The zero-order valence-corrected chi connectivity index (χ0v) is 12.3. The molecule has 0 fully saturated rings. The summed E-state index contributed by atoms with van der Waals surface area (Å²) in [6.45, 7) is 0.608. The number of nitrogens with one attached hydrogen (secondary N) is 1. The van der Waals surface area contributed by atoms with Crippen molar-refractivity contribution in [3.05, 3.63) is 46.8 Å². The summed E-state index contributed by atoms with van der Waals surface area (Å²) >= 11 is 0. The van der Waals surface area contributed by atoms with Gasteiger partial charge in [-0.05, 0) is 31.7 Å². The van der Waals surface area contributed by atoms with E-state index in [-0.39, 0.29) is 11.9 Å². The first-order chi connectivity index (χ1) is 10.8. The van der Waals surface area contributed by atoms with Crippen LogP contribution >= 0.6 is 0 Å². The number of carbonyl (C=O) groups is 1. The molecule has 22 heavy (non-hydrogen) atoms. The van der Waals surface area contributed by atoms with Gasteiger partial charge in [0.05, 0.1) is 18.3 Å². The molecule has 2 heterocycles. The SMILES string of the molecule is O=C(N[C@H]1CCOc2ccccc21)c1onc2c1CCCC2. The maximum absolute atomic E-state index is 12.6. The molecule has 2 aliphatic rings. The number of ether oxygens (including phenoxy) is 1. The van der Waals surface area contributed by atoms with Crippen LogP contribution in [-0.2, 0) is 12.8 Å². The highest BCUT2D eigenvalue weighted by atomic mass is 16.5. The van der Waals surface area contributed by atoms with E-state index >= 15 is 0 Å². The number of fused-ring (bicyclic) bond motifs is 2. The van der Waals surface area contributed by atoms with Crippen molar-refractivity contribution in [1.82, 2.24) is 10.5 Å². The number of hydrogen-bond acceptors (Lipinski definition) is 4. The Hall–Kier alpha value is -2.30. The number of hydrogen-bond donors (Lipinski definition) is 1. The van der Waals surface area contributed by atoms with Gasteiger partial charge in [-0.25, -0.2) is 0 Å². The molecule has 0 saturated heterocycles. The lowest BCUT2D eigenvalue weighted by Gasteiger charge is -2.26. The average molecular weight is 298 g/mol. The monoisotopic (exact) mass is 298 g/mol. The molecule has 0 saturated carbocycles. The molecule has 5 heteroatoms. The minimum Gasteiger partial charge on any atom is -0.493 e. The third-order valence-electron chi connectivity index (χ3n) is 4.43. The second-order valence-electron chi connectivity index (χ2n) is 5.85. The minimum atomic E-state index is -0.169. The molecule has 0 spiro atoms. The predicted molar refractivity (Wildman–Crippen MR) is 79.9 cm³/mol. The average Bonchev–Trinajstić information content (AvgIpc) is 2.99. The molecule has 4 rings (SSSR count). The van der Waals surface area contributed by atoms with Gasteiger partial charge in [0.15, 0.2) is 0 Å². The first-order valence-corrected chi connectivity index (χ1v) is 7.83. The smallest absolute Gasteiger partial charge is 0.290 e. The third kappa shape index (κ3) is 2.26. The van der Waals surface area contributed by atoms with E-state index in [1.54, 1.807) is 0 Å². The fourth-order valence-corrected chi connectivity index (χ4v) is 3.28. The van der Waals surface area contributed by atoms with Gasteiger partial charge in [0.25, 0.3) is 5.91 Å². The molecule has 1 aromatic heterocycles. The highest BCUT2D eigenvalue weighted by Crippen LogP contribution is 2.32. The summed E-state index contributed by atoms with van der Waals surface area (Å²) in [6, 6.07) is 7.79. The third-order valence-corrected chi connectivity index (χ3v) is 4.43. The molecule has 114 valence electrons. The largest absolute Gasteiger partial charge is 0.493 e. The van der Waals surface area contributed by atoms with Gasteiger partial charge in [0.2, 0.25) is 5.76 Å². The highest BCUT2D eigenvalue weighted by molar-refractivity contribution is 5.93. The second kappa shape index (κ2) is 5.48. The number of carbonyl (C=O) groups excluding carboxylic acids is 1. The molecule has 1 aliphatic carbocycles. The Labute approximate surface area is 128 Å². The van der Waals surface area contributed by atoms with E-state index in [0.717, 1.165) is 54.7 Å². The van der Waals surface area contributed by atoms with Crippen molar-refractivity contribution < 1.29 is 14.1 Å². The van der Waals surface area contributed by atoms with E-state index in [9.17, 15) is 4.79 Å². The van der Waals surface area contributed by atoms with Crippen molar-refractivity contribution >= 4 is 5.91 Å². The Balaban J connectivity index is 1.57. The van der Waals surface area contributed by atoms with Crippen LogP contribution in [0.25, 0.3) is 0 Å². The van der Waals surface area contributed by atoms with Crippen LogP contribution in [0.3, 0.4) is 0 Å². The van der Waals surface area contributed by atoms with Crippen LogP contribution in [0, 0.1) is 0 Å². The van der Waals surface area contributed by atoms with E-state index in [2.05, 4.69) is 10.5 Å². The molecular weight excluding hydrogens is 280 g/mol. The highest BCUT2D eigenvalue weighted by Gasteiger charge is 2.28. The first-order valence-electron chi connectivity index (χ1n) is 7.83. The lowest BCUT2D eigenvalue weighted by atomic mass is 9.95. The quantitative estimate of drug-likeness (QED) is 0.926. The Kier molecular flexibility index (Phi) is 3.33. The van der Waals surface area contributed by atoms with Crippen molar-refractivity contribution in [2.75, 3.05) is 6.61 Å². The van der Waals surface area contributed by atoms with E-state index in [1.165, 1.54) is 0 Å². The Morgan fingerprint density at radius 1 is 1.23 bits per heavy atom. The molecule has 1 amide bonds. The summed E-state index contributed by atoms with van der Waals surface area (Å²) in [5.41, 5.74) is 2.96. The number of rotatable bonds is 2. The standard InChI is InChI=1S/C17H18N2O3/c20-17(16-12-6-1-3-7-14(12)19-22-16)18-13-9-10-21-15-8-4-2-5-11(13)15/h2,4-5,8,13H,1,3,6-7,9-10H2,(H,18,20)/t13-/m0/s1. The van der Waals surface area contributed by atoms with Crippen molar-refractivity contribution in [2.45, 2.75) is 38.1 Å². The van der Waals surface area contributed by atoms with E-state index < -0.39 is 0 Å². The van der Waals surface area contributed by atoms with Gasteiger partial charge < -0.3 is 14.6 Å².